The Hall–Kier alpha value is -2.36. The largest absolute Gasteiger partial charge is 0.486 e. The standard InChI is InChI=1S/C16H13FO3/c1-10-9-11(17)5-6-12(10)15(18)13-3-2-4-14-16(13)20-8-7-19-14/h2-6,9H,7-8H2,1H3. The summed E-state index contributed by atoms with van der Waals surface area (Å²) in [5.74, 6) is 0.493. The van der Waals surface area contributed by atoms with Crippen LogP contribution in [0.1, 0.15) is 21.5 Å². The molecule has 20 heavy (non-hydrogen) atoms. The molecule has 0 atom stereocenters. The molecule has 0 N–H and O–H groups in total. The SMILES string of the molecule is Cc1cc(F)ccc1C(=O)c1cccc2c1OCCO2. The van der Waals surface area contributed by atoms with Gasteiger partial charge in [-0.1, -0.05) is 6.07 Å². The third-order valence-corrected chi connectivity index (χ3v) is 3.24. The molecule has 2 aromatic carbocycles. The first-order chi connectivity index (χ1) is 9.66. The summed E-state index contributed by atoms with van der Waals surface area (Å²) in [6, 6.07) is 9.34. The fourth-order valence-corrected chi connectivity index (χ4v) is 2.28. The summed E-state index contributed by atoms with van der Waals surface area (Å²) in [7, 11) is 0. The minimum absolute atomic E-state index is 0.190. The van der Waals surface area contributed by atoms with Crippen LogP contribution in [0.5, 0.6) is 11.5 Å². The molecule has 4 heteroatoms. The predicted molar refractivity (Wildman–Crippen MR) is 72.0 cm³/mol. The Morgan fingerprint density at radius 2 is 1.90 bits per heavy atom. The van der Waals surface area contributed by atoms with E-state index in [2.05, 4.69) is 0 Å². The summed E-state index contributed by atoms with van der Waals surface area (Å²) in [6.45, 7) is 2.60. The van der Waals surface area contributed by atoms with Gasteiger partial charge in [0, 0.05) is 5.56 Å². The quantitative estimate of drug-likeness (QED) is 0.788. The molecule has 0 aliphatic carbocycles. The van der Waals surface area contributed by atoms with E-state index in [0.29, 0.717) is 41.4 Å². The molecule has 2 aromatic rings. The zero-order chi connectivity index (χ0) is 14.1. The van der Waals surface area contributed by atoms with Crippen molar-refractivity contribution in [1.29, 1.82) is 0 Å². The van der Waals surface area contributed by atoms with E-state index >= 15 is 0 Å². The molecule has 0 unspecified atom stereocenters. The number of rotatable bonds is 2. The van der Waals surface area contributed by atoms with E-state index in [9.17, 15) is 9.18 Å². The zero-order valence-corrected chi connectivity index (χ0v) is 11.0. The van der Waals surface area contributed by atoms with Crippen LogP contribution in [0.25, 0.3) is 0 Å². The van der Waals surface area contributed by atoms with Crippen molar-refractivity contribution >= 4 is 5.78 Å². The Kier molecular flexibility index (Phi) is 3.14. The average molecular weight is 272 g/mol. The summed E-state index contributed by atoms with van der Waals surface area (Å²) in [4.78, 5) is 12.6. The highest BCUT2D eigenvalue weighted by Gasteiger charge is 2.22. The molecule has 1 heterocycles. The molecule has 1 aliphatic rings. The number of aryl methyl sites for hydroxylation is 1. The second-order valence-electron chi connectivity index (χ2n) is 4.62. The Balaban J connectivity index is 2.07. The first-order valence-corrected chi connectivity index (χ1v) is 6.36. The summed E-state index contributed by atoms with van der Waals surface area (Å²) in [6.07, 6.45) is 0. The molecule has 0 bridgehead atoms. The smallest absolute Gasteiger partial charge is 0.197 e. The van der Waals surface area contributed by atoms with Crippen molar-refractivity contribution in [3.05, 3.63) is 58.9 Å². The van der Waals surface area contributed by atoms with Gasteiger partial charge in [0.25, 0.3) is 0 Å². The van der Waals surface area contributed by atoms with Crippen LogP contribution in [0, 0.1) is 12.7 Å². The third-order valence-electron chi connectivity index (χ3n) is 3.24. The van der Waals surface area contributed by atoms with Crippen LogP contribution in [0.15, 0.2) is 36.4 Å². The monoisotopic (exact) mass is 272 g/mol. The topological polar surface area (TPSA) is 35.5 Å². The lowest BCUT2D eigenvalue weighted by Gasteiger charge is -2.20. The average Bonchev–Trinajstić information content (AvgIpc) is 2.46. The number of halogens is 1. The number of ketones is 1. The van der Waals surface area contributed by atoms with Gasteiger partial charge in [0.05, 0.1) is 5.56 Å². The number of para-hydroxylation sites is 1. The number of ether oxygens (including phenoxy) is 2. The number of fused-ring (bicyclic) bond motifs is 1. The van der Waals surface area contributed by atoms with Crippen LogP contribution in [0.2, 0.25) is 0 Å². The van der Waals surface area contributed by atoms with Crippen LogP contribution >= 0.6 is 0 Å². The first-order valence-electron chi connectivity index (χ1n) is 6.36. The number of carbonyl (C=O) groups excluding carboxylic acids is 1. The highest BCUT2D eigenvalue weighted by atomic mass is 19.1. The van der Waals surface area contributed by atoms with Crippen molar-refractivity contribution in [2.45, 2.75) is 6.92 Å². The van der Waals surface area contributed by atoms with Crippen molar-refractivity contribution < 1.29 is 18.7 Å². The van der Waals surface area contributed by atoms with E-state index in [1.165, 1.54) is 18.2 Å². The third kappa shape index (κ3) is 2.13. The van der Waals surface area contributed by atoms with Crippen LogP contribution in [-0.4, -0.2) is 19.0 Å². The van der Waals surface area contributed by atoms with Crippen molar-refractivity contribution in [3.63, 3.8) is 0 Å². The molecule has 0 radical (unpaired) electrons. The molecule has 1 aliphatic heterocycles. The van der Waals surface area contributed by atoms with E-state index in [0.717, 1.165) is 0 Å². The van der Waals surface area contributed by atoms with E-state index in [1.807, 2.05) is 0 Å². The lowest BCUT2D eigenvalue weighted by Crippen LogP contribution is -2.18. The van der Waals surface area contributed by atoms with Gasteiger partial charge in [-0.3, -0.25) is 4.79 Å². The normalized spacial score (nSPS) is 13.1. The summed E-state index contributed by atoms with van der Waals surface area (Å²) in [5, 5.41) is 0. The van der Waals surface area contributed by atoms with Gasteiger partial charge in [0.2, 0.25) is 0 Å². The van der Waals surface area contributed by atoms with Crippen LogP contribution in [0.4, 0.5) is 4.39 Å². The minimum atomic E-state index is -0.353. The fourth-order valence-electron chi connectivity index (χ4n) is 2.28. The maximum Gasteiger partial charge on any atom is 0.197 e. The first kappa shape index (κ1) is 12.7. The molecular formula is C16H13FO3. The van der Waals surface area contributed by atoms with Gasteiger partial charge in [-0.05, 0) is 42.8 Å². The number of hydrogen-bond donors (Lipinski definition) is 0. The number of carbonyl (C=O) groups is 1. The van der Waals surface area contributed by atoms with E-state index in [1.54, 1.807) is 25.1 Å². The van der Waals surface area contributed by atoms with Gasteiger partial charge in [-0.2, -0.15) is 0 Å². The Bertz CT molecular complexity index is 679. The number of hydrogen-bond acceptors (Lipinski definition) is 3. The molecule has 3 nitrogen and oxygen atoms in total. The summed E-state index contributed by atoms with van der Waals surface area (Å²) in [5.41, 5.74) is 1.51. The molecule has 0 amide bonds. The van der Waals surface area contributed by atoms with Crippen molar-refractivity contribution in [2.24, 2.45) is 0 Å². The lowest BCUT2D eigenvalue weighted by atomic mass is 9.98. The van der Waals surface area contributed by atoms with Crippen molar-refractivity contribution in [2.75, 3.05) is 13.2 Å². The van der Waals surface area contributed by atoms with Crippen LogP contribution in [-0.2, 0) is 0 Å². The van der Waals surface area contributed by atoms with Crippen molar-refractivity contribution in [3.8, 4) is 11.5 Å². The molecule has 0 fully saturated rings. The molecule has 0 spiro atoms. The Morgan fingerprint density at radius 3 is 2.70 bits per heavy atom. The summed E-state index contributed by atoms with van der Waals surface area (Å²) >= 11 is 0. The van der Waals surface area contributed by atoms with Gasteiger partial charge in [0.15, 0.2) is 17.3 Å². The molecule has 0 saturated heterocycles. The highest BCUT2D eigenvalue weighted by molar-refractivity contribution is 6.12. The molecule has 3 rings (SSSR count). The van der Waals surface area contributed by atoms with Gasteiger partial charge < -0.3 is 9.47 Å². The van der Waals surface area contributed by atoms with Crippen LogP contribution < -0.4 is 9.47 Å². The van der Waals surface area contributed by atoms with Crippen LogP contribution in [0.3, 0.4) is 0 Å². The Morgan fingerprint density at radius 1 is 1.10 bits per heavy atom. The lowest BCUT2D eigenvalue weighted by molar-refractivity contribution is 0.102. The zero-order valence-electron chi connectivity index (χ0n) is 11.0. The molecule has 0 aromatic heterocycles. The maximum atomic E-state index is 13.1. The highest BCUT2D eigenvalue weighted by Crippen LogP contribution is 2.35. The van der Waals surface area contributed by atoms with Gasteiger partial charge in [-0.15, -0.1) is 0 Å². The van der Waals surface area contributed by atoms with E-state index < -0.39 is 0 Å². The second kappa shape index (κ2) is 4.96. The van der Waals surface area contributed by atoms with E-state index in [4.69, 9.17) is 9.47 Å². The summed E-state index contributed by atoms with van der Waals surface area (Å²) < 4.78 is 24.1. The molecule has 0 saturated carbocycles. The van der Waals surface area contributed by atoms with E-state index in [-0.39, 0.29) is 11.6 Å². The predicted octanol–water partition coefficient (Wildman–Crippen LogP) is 3.14. The van der Waals surface area contributed by atoms with Gasteiger partial charge in [-0.25, -0.2) is 4.39 Å². The fraction of sp³-hybridized carbons (Fsp3) is 0.188. The molecule has 102 valence electrons. The second-order valence-corrected chi connectivity index (χ2v) is 4.62. The maximum absolute atomic E-state index is 13.1. The van der Waals surface area contributed by atoms with Gasteiger partial charge >= 0.3 is 0 Å². The molecular weight excluding hydrogens is 259 g/mol. The van der Waals surface area contributed by atoms with Gasteiger partial charge in [0.1, 0.15) is 19.0 Å². The number of benzene rings is 2. The van der Waals surface area contributed by atoms with Crippen molar-refractivity contribution in [1.82, 2.24) is 0 Å². The minimum Gasteiger partial charge on any atom is -0.486 e. The Labute approximate surface area is 115 Å².